The number of carbonyl (C=O) groups excluding carboxylic acids is 1. The van der Waals surface area contributed by atoms with Gasteiger partial charge in [0.05, 0.1) is 23.6 Å². The van der Waals surface area contributed by atoms with Crippen LogP contribution in [0.1, 0.15) is 12.5 Å². The van der Waals surface area contributed by atoms with E-state index in [1.165, 1.54) is 18.2 Å². The van der Waals surface area contributed by atoms with Crippen molar-refractivity contribution in [2.45, 2.75) is 24.8 Å². The van der Waals surface area contributed by atoms with E-state index in [1.54, 1.807) is 10.6 Å². The number of benzene rings is 2. The topological polar surface area (TPSA) is 69.0 Å². The highest BCUT2D eigenvalue weighted by Crippen LogP contribution is 2.34. The van der Waals surface area contributed by atoms with Gasteiger partial charge in [-0.1, -0.05) is 30.0 Å². The van der Waals surface area contributed by atoms with E-state index in [2.05, 4.69) is 22.1 Å². The Kier molecular flexibility index (Phi) is 7.57. The highest BCUT2D eigenvalue weighted by Gasteiger charge is 2.33. The van der Waals surface area contributed by atoms with Crippen LogP contribution < -0.4 is 10.1 Å². The minimum Gasteiger partial charge on any atom is -0.494 e. The molecule has 0 unspecified atom stereocenters. The van der Waals surface area contributed by atoms with E-state index in [4.69, 9.17) is 4.74 Å². The first-order chi connectivity index (χ1) is 15.3. The van der Waals surface area contributed by atoms with E-state index >= 15 is 0 Å². The summed E-state index contributed by atoms with van der Waals surface area (Å²) >= 11 is 1.08. The Balaban J connectivity index is 1.73. The molecular formula is C22H21F3N4O2S. The number of allylic oxidation sites excluding steroid dienone is 1. The molecule has 6 nitrogen and oxygen atoms in total. The van der Waals surface area contributed by atoms with Crippen molar-refractivity contribution in [3.8, 4) is 17.1 Å². The Bertz CT molecular complexity index is 1080. The third-order valence-electron chi connectivity index (χ3n) is 4.29. The molecule has 0 bridgehead atoms. The third-order valence-corrected chi connectivity index (χ3v) is 5.26. The number of anilines is 1. The summed E-state index contributed by atoms with van der Waals surface area (Å²) in [5.74, 6) is 0.599. The first kappa shape index (κ1) is 23.4. The average molecular weight is 462 g/mol. The molecule has 32 heavy (non-hydrogen) atoms. The summed E-state index contributed by atoms with van der Waals surface area (Å²) in [6, 6.07) is 12.2. The number of hydrogen-bond donors (Lipinski definition) is 1. The van der Waals surface area contributed by atoms with Crippen LogP contribution in [-0.4, -0.2) is 33.0 Å². The van der Waals surface area contributed by atoms with Gasteiger partial charge < -0.3 is 10.1 Å². The molecular weight excluding hydrogens is 441 g/mol. The smallest absolute Gasteiger partial charge is 0.418 e. The number of rotatable bonds is 9. The maximum Gasteiger partial charge on any atom is 0.418 e. The van der Waals surface area contributed by atoms with Gasteiger partial charge in [-0.2, -0.15) is 13.2 Å². The molecule has 168 valence electrons. The van der Waals surface area contributed by atoms with Crippen molar-refractivity contribution < 1.29 is 22.7 Å². The van der Waals surface area contributed by atoms with Gasteiger partial charge in [0.1, 0.15) is 5.75 Å². The molecule has 3 rings (SSSR count). The van der Waals surface area contributed by atoms with E-state index in [-0.39, 0.29) is 11.4 Å². The Morgan fingerprint density at radius 1 is 1.19 bits per heavy atom. The summed E-state index contributed by atoms with van der Waals surface area (Å²) < 4.78 is 46.6. The molecule has 1 aromatic heterocycles. The summed E-state index contributed by atoms with van der Waals surface area (Å²) in [6.07, 6.45) is -2.89. The molecule has 0 saturated heterocycles. The number of para-hydroxylation sites is 1. The lowest BCUT2D eigenvalue weighted by Crippen LogP contribution is -2.18. The van der Waals surface area contributed by atoms with Gasteiger partial charge in [-0.3, -0.25) is 9.36 Å². The van der Waals surface area contributed by atoms with E-state index in [0.717, 1.165) is 29.1 Å². The lowest BCUT2D eigenvalue weighted by molar-refractivity contribution is -0.137. The van der Waals surface area contributed by atoms with Gasteiger partial charge in [-0.05, 0) is 43.3 Å². The third kappa shape index (κ3) is 5.70. The first-order valence-corrected chi connectivity index (χ1v) is 10.7. The Morgan fingerprint density at radius 3 is 2.56 bits per heavy atom. The second-order valence-electron chi connectivity index (χ2n) is 6.54. The molecule has 0 aliphatic heterocycles. The zero-order chi connectivity index (χ0) is 23.1. The second-order valence-corrected chi connectivity index (χ2v) is 7.49. The molecule has 0 spiro atoms. The lowest BCUT2D eigenvalue weighted by atomic mass is 10.1. The van der Waals surface area contributed by atoms with Crippen molar-refractivity contribution in [1.29, 1.82) is 0 Å². The largest absolute Gasteiger partial charge is 0.494 e. The molecule has 10 heteroatoms. The van der Waals surface area contributed by atoms with Gasteiger partial charge in [0, 0.05) is 12.1 Å². The number of aromatic nitrogens is 3. The maximum atomic E-state index is 13.1. The fourth-order valence-electron chi connectivity index (χ4n) is 2.93. The van der Waals surface area contributed by atoms with Crippen molar-refractivity contribution in [2.24, 2.45) is 0 Å². The number of carbonyl (C=O) groups is 1. The molecule has 0 fully saturated rings. The van der Waals surface area contributed by atoms with Crippen LogP contribution in [0.2, 0.25) is 0 Å². The average Bonchev–Trinajstić information content (AvgIpc) is 3.15. The number of nitrogens with zero attached hydrogens (tertiary/aromatic N) is 3. The SMILES string of the molecule is C=CCn1c(SCC(=O)Nc2ccccc2C(F)(F)F)nnc1-c1ccc(OCC)cc1. The minimum atomic E-state index is -4.56. The van der Waals surface area contributed by atoms with Crippen LogP contribution in [-0.2, 0) is 17.5 Å². The van der Waals surface area contributed by atoms with Crippen LogP contribution in [0.5, 0.6) is 5.75 Å². The molecule has 0 atom stereocenters. The van der Waals surface area contributed by atoms with Gasteiger partial charge >= 0.3 is 6.18 Å². The number of hydrogen-bond acceptors (Lipinski definition) is 5. The quantitative estimate of drug-likeness (QED) is 0.346. The van der Waals surface area contributed by atoms with Crippen molar-refractivity contribution in [3.05, 3.63) is 66.7 Å². The van der Waals surface area contributed by atoms with Gasteiger partial charge in [-0.25, -0.2) is 0 Å². The summed E-state index contributed by atoms with van der Waals surface area (Å²) in [5.41, 5.74) is -0.377. The summed E-state index contributed by atoms with van der Waals surface area (Å²) in [6.45, 7) is 6.60. The Labute approximate surface area is 187 Å². The first-order valence-electron chi connectivity index (χ1n) is 9.69. The Morgan fingerprint density at radius 2 is 1.91 bits per heavy atom. The fraction of sp³-hybridized carbons (Fsp3) is 0.227. The van der Waals surface area contributed by atoms with E-state index in [0.29, 0.717) is 24.1 Å². The van der Waals surface area contributed by atoms with Gasteiger partial charge in [0.15, 0.2) is 11.0 Å². The molecule has 1 amide bonds. The van der Waals surface area contributed by atoms with Gasteiger partial charge in [-0.15, -0.1) is 16.8 Å². The maximum absolute atomic E-state index is 13.1. The zero-order valence-corrected chi connectivity index (χ0v) is 18.0. The highest BCUT2D eigenvalue weighted by atomic mass is 32.2. The highest BCUT2D eigenvalue weighted by molar-refractivity contribution is 7.99. The van der Waals surface area contributed by atoms with Crippen molar-refractivity contribution in [1.82, 2.24) is 14.8 Å². The molecule has 2 aromatic carbocycles. The summed E-state index contributed by atoms with van der Waals surface area (Å²) in [7, 11) is 0. The number of thioether (sulfide) groups is 1. The van der Waals surface area contributed by atoms with Gasteiger partial charge in [0.25, 0.3) is 0 Å². The molecule has 0 radical (unpaired) electrons. The molecule has 0 saturated carbocycles. The number of halogens is 3. The fourth-order valence-corrected chi connectivity index (χ4v) is 3.67. The van der Waals surface area contributed by atoms with Gasteiger partial charge in [0.2, 0.25) is 5.91 Å². The minimum absolute atomic E-state index is 0.134. The van der Waals surface area contributed by atoms with Crippen LogP contribution in [0, 0.1) is 0 Å². The van der Waals surface area contributed by atoms with E-state index in [9.17, 15) is 18.0 Å². The number of nitrogens with one attached hydrogen (secondary N) is 1. The molecule has 1 heterocycles. The van der Waals surface area contributed by atoms with Crippen LogP contribution >= 0.6 is 11.8 Å². The number of ether oxygens (including phenoxy) is 1. The standard InChI is InChI=1S/C22H21F3N4O2S/c1-3-13-29-20(15-9-11-16(12-10-15)31-4-2)27-28-21(29)32-14-19(30)26-18-8-6-5-7-17(18)22(23,24)25/h3,5-12H,1,4,13-14H2,2H3,(H,26,30). The normalized spacial score (nSPS) is 11.2. The summed E-state index contributed by atoms with van der Waals surface area (Å²) in [4.78, 5) is 12.3. The lowest BCUT2D eigenvalue weighted by Gasteiger charge is -2.13. The number of alkyl halides is 3. The zero-order valence-electron chi connectivity index (χ0n) is 17.2. The van der Waals surface area contributed by atoms with Crippen LogP contribution in [0.4, 0.5) is 18.9 Å². The Hall–Kier alpha value is -3.27. The predicted octanol–water partition coefficient (Wildman–Crippen LogP) is 5.28. The molecule has 0 aliphatic rings. The van der Waals surface area contributed by atoms with Crippen molar-refractivity contribution >= 4 is 23.4 Å². The summed E-state index contributed by atoms with van der Waals surface area (Å²) in [5, 5.41) is 11.1. The second kappa shape index (κ2) is 10.4. The van der Waals surface area contributed by atoms with Crippen LogP contribution in [0.3, 0.4) is 0 Å². The molecule has 3 aromatic rings. The molecule has 1 N–H and O–H groups in total. The molecule has 0 aliphatic carbocycles. The van der Waals surface area contributed by atoms with E-state index in [1.807, 2.05) is 31.2 Å². The van der Waals surface area contributed by atoms with Crippen molar-refractivity contribution in [2.75, 3.05) is 17.7 Å². The van der Waals surface area contributed by atoms with Crippen molar-refractivity contribution in [3.63, 3.8) is 0 Å². The monoisotopic (exact) mass is 462 g/mol. The predicted molar refractivity (Wildman–Crippen MR) is 118 cm³/mol. The van der Waals surface area contributed by atoms with Crippen LogP contribution in [0.25, 0.3) is 11.4 Å². The number of amides is 1. The van der Waals surface area contributed by atoms with Crippen LogP contribution in [0.15, 0.2) is 66.3 Å². The van der Waals surface area contributed by atoms with E-state index < -0.39 is 17.6 Å².